The normalized spacial score (nSPS) is 13.5. The number of carbonyl (C=O) groups is 1. The van der Waals surface area contributed by atoms with Crippen LogP contribution in [-0.2, 0) is 4.79 Å². The maximum atomic E-state index is 11.3. The molecule has 2 nitrogen and oxygen atoms in total. The topological polar surface area (TPSA) is 29.1 Å². The van der Waals surface area contributed by atoms with Crippen molar-refractivity contribution in [3.8, 4) is 0 Å². The van der Waals surface area contributed by atoms with Gasteiger partial charge in [0.05, 0.1) is 6.04 Å². The molecule has 0 radical (unpaired) electrons. The van der Waals surface area contributed by atoms with E-state index in [1.54, 1.807) is 7.05 Å². The van der Waals surface area contributed by atoms with E-state index in [0.29, 0.717) is 0 Å². The summed E-state index contributed by atoms with van der Waals surface area (Å²) in [6.45, 7) is 7.68. The summed E-state index contributed by atoms with van der Waals surface area (Å²) in [6, 6.07) is -0.0278. The highest BCUT2D eigenvalue weighted by Crippen LogP contribution is 2.16. The molecule has 0 fully saturated rings. The fourth-order valence-corrected chi connectivity index (χ4v) is 0.781. The van der Waals surface area contributed by atoms with Gasteiger partial charge in [-0.25, -0.2) is 0 Å². The van der Waals surface area contributed by atoms with E-state index in [1.165, 1.54) is 0 Å². The average molecular weight is 177 g/mol. The van der Waals surface area contributed by atoms with Gasteiger partial charge in [-0.1, -0.05) is 20.8 Å². The van der Waals surface area contributed by atoms with Crippen molar-refractivity contribution < 1.29 is 4.79 Å². The van der Waals surface area contributed by atoms with E-state index in [9.17, 15) is 4.79 Å². The van der Waals surface area contributed by atoms with E-state index in [2.05, 4.69) is 5.32 Å². The number of likely N-dealkylation sites (N-methyl/N-ethyl adjacent to an activating group) is 1. The quantitative estimate of drug-likeness (QED) is 0.689. The van der Waals surface area contributed by atoms with Crippen LogP contribution in [0.25, 0.3) is 0 Å². The van der Waals surface area contributed by atoms with E-state index in [-0.39, 0.29) is 30.7 Å². The molecule has 0 aliphatic carbocycles. The van der Waals surface area contributed by atoms with E-state index in [4.69, 9.17) is 0 Å². The zero-order valence-corrected chi connectivity index (χ0v) is 8.99. The lowest BCUT2D eigenvalue weighted by molar-refractivity contribution is -0.127. The SMILES string of the molecule is CN[C@@H](C)C(=O)C(C)(C)C.S. The number of hydrogen-bond acceptors (Lipinski definition) is 2. The van der Waals surface area contributed by atoms with Crippen LogP contribution in [0.15, 0.2) is 0 Å². The van der Waals surface area contributed by atoms with Crippen LogP contribution in [0.4, 0.5) is 0 Å². The minimum absolute atomic E-state index is 0. The lowest BCUT2D eigenvalue weighted by Crippen LogP contribution is -2.38. The van der Waals surface area contributed by atoms with Gasteiger partial charge in [0.2, 0.25) is 0 Å². The van der Waals surface area contributed by atoms with Crippen LogP contribution in [0.2, 0.25) is 0 Å². The summed E-state index contributed by atoms with van der Waals surface area (Å²) in [5, 5.41) is 2.92. The van der Waals surface area contributed by atoms with Gasteiger partial charge >= 0.3 is 0 Å². The molecule has 0 heterocycles. The third-order valence-electron chi connectivity index (χ3n) is 1.57. The molecule has 1 atom stereocenters. The van der Waals surface area contributed by atoms with Crippen molar-refractivity contribution in [2.75, 3.05) is 7.05 Å². The molecule has 0 aromatic heterocycles. The van der Waals surface area contributed by atoms with Crippen LogP contribution < -0.4 is 5.32 Å². The Balaban J connectivity index is 0. The van der Waals surface area contributed by atoms with Crippen molar-refractivity contribution in [3.63, 3.8) is 0 Å². The predicted molar refractivity (Wildman–Crippen MR) is 53.4 cm³/mol. The molecule has 0 aromatic rings. The summed E-state index contributed by atoms with van der Waals surface area (Å²) in [5.41, 5.74) is -0.220. The highest BCUT2D eigenvalue weighted by molar-refractivity contribution is 7.59. The molecular weight excluding hydrogens is 158 g/mol. The molecule has 0 bridgehead atoms. The molecule has 0 saturated heterocycles. The van der Waals surface area contributed by atoms with Crippen molar-refractivity contribution in [1.29, 1.82) is 0 Å². The zero-order valence-electron chi connectivity index (χ0n) is 7.99. The molecule has 0 aromatic carbocycles. The Kier molecular flexibility index (Phi) is 5.89. The summed E-state index contributed by atoms with van der Waals surface area (Å²) >= 11 is 0. The first-order valence-electron chi connectivity index (χ1n) is 3.61. The Morgan fingerprint density at radius 2 is 1.73 bits per heavy atom. The Morgan fingerprint density at radius 1 is 1.36 bits per heavy atom. The van der Waals surface area contributed by atoms with Gasteiger partial charge in [-0.3, -0.25) is 4.79 Å². The van der Waals surface area contributed by atoms with Gasteiger partial charge in [-0.15, -0.1) is 0 Å². The summed E-state index contributed by atoms with van der Waals surface area (Å²) in [7, 11) is 1.80. The highest BCUT2D eigenvalue weighted by Gasteiger charge is 2.25. The Labute approximate surface area is 76.2 Å². The van der Waals surface area contributed by atoms with Crippen LogP contribution in [0.1, 0.15) is 27.7 Å². The smallest absolute Gasteiger partial charge is 0.154 e. The van der Waals surface area contributed by atoms with Crippen molar-refractivity contribution in [2.45, 2.75) is 33.7 Å². The molecule has 0 amide bonds. The lowest BCUT2D eigenvalue weighted by Gasteiger charge is -2.20. The summed E-state index contributed by atoms with van der Waals surface area (Å²) < 4.78 is 0. The third-order valence-corrected chi connectivity index (χ3v) is 1.57. The number of nitrogens with one attached hydrogen (secondary N) is 1. The maximum Gasteiger partial charge on any atom is 0.154 e. The Bertz CT molecular complexity index is 129. The first-order valence-corrected chi connectivity index (χ1v) is 3.61. The van der Waals surface area contributed by atoms with Gasteiger partial charge in [0.15, 0.2) is 5.78 Å². The van der Waals surface area contributed by atoms with Crippen molar-refractivity contribution in [2.24, 2.45) is 5.41 Å². The van der Waals surface area contributed by atoms with E-state index < -0.39 is 0 Å². The monoisotopic (exact) mass is 177 g/mol. The molecule has 0 aliphatic heterocycles. The van der Waals surface area contributed by atoms with E-state index >= 15 is 0 Å². The molecule has 0 saturated carbocycles. The molecule has 11 heavy (non-hydrogen) atoms. The minimum atomic E-state index is -0.220. The molecular formula is C8H19NOS. The molecule has 68 valence electrons. The number of hydrogen-bond donors (Lipinski definition) is 1. The van der Waals surface area contributed by atoms with Gasteiger partial charge in [-0.05, 0) is 14.0 Å². The van der Waals surface area contributed by atoms with Gasteiger partial charge in [-0.2, -0.15) is 13.5 Å². The van der Waals surface area contributed by atoms with Crippen LogP contribution in [0.3, 0.4) is 0 Å². The van der Waals surface area contributed by atoms with Crippen molar-refractivity contribution >= 4 is 19.3 Å². The van der Waals surface area contributed by atoms with Gasteiger partial charge < -0.3 is 5.32 Å². The van der Waals surface area contributed by atoms with Crippen molar-refractivity contribution in [1.82, 2.24) is 5.32 Å². The second-order valence-electron chi connectivity index (χ2n) is 3.62. The number of rotatable bonds is 2. The van der Waals surface area contributed by atoms with Crippen molar-refractivity contribution in [3.05, 3.63) is 0 Å². The number of carbonyl (C=O) groups excluding carboxylic acids is 1. The lowest BCUT2D eigenvalue weighted by atomic mass is 9.87. The van der Waals surface area contributed by atoms with Crippen LogP contribution in [0, 0.1) is 5.41 Å². The minimum Gasteiger partial charge on any atom is -0.311 e. The second-order valence-corrected chi connectivity index (χ2v) is 3.62. The fraction of sp³-hybridized carbons (Fsp3) is 0.875. The summed E-state index contributed by atoms with van der Waals surface area (Å²) in [4.78, 5) is 11.3. The van der Waals surface area contributed by atoms with Gasteiger partial charge in [0.25, 0.3) is 0 Å². The Morgan fingerprint density at radius 3 is 1.82 bits per heavy atom. The number of Topliss-reactive ketones (excluding diaryl/α,β-unsaturated/α-hetero) is 1. The third kappa shape index (κ3) is 4.43. The number of ketones is 1. The maximum absolute atomic E-state index is 11.3. The summed E-state index contributed by atoms with van der Waals surface area (Å²) in [5.74, 6) is 0.259. The molecule has 1 N–H and O–H groups in total. The predicted octanol–water partition coefficient (Wildman–Crippen LogP) is 1.32. The van der Waals surface area contributed by atoms with E-state index in [1.807, 2.05) is 27.7 Å². The first kappa shape index (κ1) is 13.6. The standard InChI is InChI=1S/C8H17NO.H2S/c1-6(9-5)7(10)8(2,3)4;/h6,9H,1-5H3;1H2/t6-;/m0./s1. The molecule has 0 spiro atoms. The van der Waals surface area contributed by atoms with Crippen LogP contribution in [0.5, 0.6) is 0 Å². The van der Waals surface area contributed by atoms with Gasteiger partial charge in [0.1, 0.15) is 0 Å². The zero-order chi connectivity index (χ0) is 8.36. The van der Waals surface area contributed by atoms with Gasteiger partial charge in [0, 0.05) is 5.41 Å². The molecule has 0 aliphatic rings. The van der Waals surface area contributed by atoms with Crippen LogP contribution in [-0.4, -0.2) is 18.9 Å². The largest absolute Gasteiger partial charge is 0.311 e. The molecule has 0 unspecified atom stereocenters. The molecule has 3 heteroatoms. The Hall–Kier alpha value is -0.0200. The summed E-state index contributed by atoms with van der Waals surface area (Å²) in [6.07, 6.45) is 0. The second kappa shape index (κ2) is 4.78. The highest BCUT2D eigenvalue weighted by atomic mass is 32.1. The van der Waals surface area contributed by atoms with E-state index in [0.717, 1.165) is 0 Å². The molecule has 0 rings (SSSR count). The first-order chi connectivity index (χ1) is 4.39. The fourth-order valence-electron chi connectivity index (χ4n) is 0.781. The van der Waals surface area contributed by atoms with Crippen LogP contribution >= 0.6 is 13.5 Å². The average Bonchev–Trinajstić information content (AvgIpc) is 1.83.